The molecule has 3 rings (SSSR count). The van der Waals surface area contributed by atoms with Crippen LogP contribution >= 0.6 is 0 Å². The molecule has 3 nitrogen and oxygen atoms in total. The quantitative estimate of drug-likeness (QED) is 0.785. The van der Waals surface area contributed by atoms with Crippen molar-refractivity contribution in [1.82, 2.24) is 4.98 Å². The molecule has 0 aliphatic carbocycles. The molecule has 1 unspecified atom stereocenters. The van der Waals surface area contributed by atoms with Crippen molar-refractivity contribution in [3.05, 3.63) is 65.2 Å². The number of hydrogen-bond donors (Lipinski definition) is 1. The van der Waals surface area contributed by atoms with E-state index in [2.05, 4.69) is 24.0 Å². The largest absolute Gasteiger partial charge is 0.469 e. The standard InChI is InChI=1S/C17H18N2O/c1-3-16-14(8-9-20-16)17(18)13-6-7-15-12(10-13)5-4-11(2)19-15/h4-10,17H,3,18H2,1-2H3. The lowest BCUT2D eigenvalue weighted by atomic mass is 9.97. The van der Waals surface area contributed by atoms with Crippen LogP contribution in [-0.2, 0) is 6.42 Å². The summed E-state index contributed by atoms with van der Waals surface area (Å²) in [4.78, 5) is 4.51. The Morgan fingerprint density at radius 2 is 2.05 bits per heavy atom. The molecule has 2 aromatic heterocycles. The van der Waals surface area contributed by atoms with Crippen LogP contribution in [0, 0.1) is 6.92 Å². The lowest BCUT2D eigenvalue weighted by Gasteiger charge is -2.13. The van der Waals surface area contributed by atoms with Crippen molar-refractivity contribution in [3.8, 4) is 0 Å². The van der Waals surface area contributed by atoms with E-state index >= 15 is 0 Å². The van der Waals surface area contributed by atoms with Crippen molar-refractivity contribution in [1.29, 1.82) is 0 Å². The van der Waals surface area contributed by atoms with Gasteiger partial charge >= 0.3 is 0 Å². The normalized spacial score (nSPS) is 12.8. The summed E-state index contributed by atoms with van der Waals surface area (Å²) >= 11 is 0. The third kappa shape index (κ3) is 2.21. The summed E-state index contributed by atoms with van der Waals surface area (Å²) in [6.07, 6.45) is 2.56. The minimum Gasteiger partial charge on any atom is -0.469 e. The molecule has 3 aromatic rings. The zero-order valence-corrected chi connectivity index (χ0v) is 11.8. The second-order valence-corrected chi connectivity index (χ2v) is 5.04. The Morgan fingerprint density at radius 3 is 2.85 bits per heavy atom. The fraction of sp³-hybridized carbons (Fsp3) is 0.235. The number of aryl methyl sites for hydroxylation is 2. The van der Waals surface area contributed by atoms with Crippen LogP contribution in [0.3, 0.4) is 0 Å². The molecule has 0 saturated heterocycles. The molecule has 0 fully saturated rings. The van der Waals surface area contributed by atoms with Crippen LogP contribution in [0.1, 0.15) is 35.5 Å². The van der Waals surface area contributed by atoms with Crippen LogP contribution < -0.4 is 5.73 Å². The zero-order valence-electron chi connectivity index (χ0n) is 11.8. The molecule has 20 heavy (non-hydrogen) atoms. The highest BCUT2D eigenvalue weighted by molar-refractivity contribution is 5.79. The first-order chi connectivity index (χ1) is 9.69. The topological polar surface area (TPSA) is 52.0 Å². The summed E-state index contributed by atoms with van der Waals surface area (Å²) in [6, 6.07) is 12.1. The van der Waals surface area contributed by atoms with Gasteiger partial charge in [0.2, 0.25) is 0 Å². The molecule has 0 spiro atoms. The smallest absolute Gasteiger partial charge is 0.108 e. The molecule has 0 saturated carbocycles. The number of rotatable bonds is 3. The molecule has 0 aliphatic rings. The number of pyridine rings is 1. The van der Waals surface area contributed by atoms with Crippen molar-refractivity contribution >= 4 is 10.9 Å². The number of benzene rings is 1. The third-order valence-electron chi connectivity index (χ3n) is 3.65. The summed E-state index contributed by atoms with van der Waals surface area (Å²) in [6.45, 7) is 4.07. The van der Waals surface area contributed by atoms with Crippen LogP contribution in [0.5, 0.6) is 0 Å². The first-order valence-electron chi connectivity index (χ1n) is 6.88. The predicted molar refractivity (Wildman–Crippen MR) is 80.6 cm³/mol. The van der Waals surface area contributed by atoms with E-state index in [0.29, 0.717) is 0 Å². The zero-order chi connectivity index (χ0) is 14.1. The van der Waals surface area contributed by atoms with E-state index in [1.54, 1.807) is 6.26 Å². The van der Waals surface area contributed by atoms with Gasteiger partial charge in [-0.25, -0.2) is 0 Å². The average molecular weight is 266 g/mol. The molecule has 2 N–H and O–H groups in total. The number of nitrogens with zero attached hydrogens (tertiary/aromatic N) is 1. The van der Waals surface area contributed by atoms with E-state index in [1.165, 1.54) is 0 Å². The Morgan fingerprint density at radius 1 is 1.20 bits per heavy atom. The minimum atomic E-state index is -0.158. The summed E-state index contributed by atoms with van der Waals surface area (Å²) in [5.74, 6) is 0.958. The number of aromatic nitrogens is 1. The first kappa shape index (κ1) is 12.9. The van der Waals surface area contributed by atoms with Gasteiger partial charge in [0.1, 0.15) is 5.76 Å². The van der Waals surface area contributed by atoms with Gasteiger partial charge in [-0.05, 0) is 36.8 Å². The molecule has 2 heterocycles. The maximum Gasteiger partial charge on any atom is 0.108 e. The molecule has 1 atom stereocenters. The van der Waals surface area contributed by atoms with Gasteiger partial charge < -0.3 is 10.2 Å². The van der Waals surface area contributed by atoms with E-state index in [1.807, 2.05) is 31.2 Å². The molecular weight excluding hydrogens is 248 g/mol. The number of fused-ring (bicyclic) bond motifs is 1. The Hall–Kier alpha value is -2.13. The van der Waals surface area contributed by atoms with E-state index in [0.717, 1.165) is 39.9 Å². The minimum absolute atomic E-state index is 0.158. The predicted octanol–water partition coefficient (Wildman–Crippen LogP) is 3.75. The number of nitrogens with two attached hydrogens (primary N) is 1. The van der Waals surface area contributed by atoms with Crippen molar-refractivity contribution in [2.75, 3.05) is 0 Å². The highest BCUT2D eigenvalue weighted by Crippen LogP contribution is 2.26. The summed E-state index contributed by atoms with van der Waals surface area (Å²) in [5.41, 5.74) is 10.6. The highest BCUT2D eigenvalue weighted by atomic mass is 16.3. The van der Waals surface area contributed by atoms with Crippen molar-refractivity contribution in [2.45, 2.75) is 26.3 Å². The molecule has 0 bridgehead atoms. The van der Waals surface area contributed by atoms with E-state index in [-0.39, 0.29) is 6.04 Å². The summed E-state index contributed by atoms with van der Waals surface area (Å²) < 4.78 is 5.47. The molecule has 1 aromatic carbocycles. The van der Waals surface area contributed by atoms with Crippen molar-refractivity contribution in [3.63, 3.8) is 0 Å². The Labute approximate surface area is 118 Å². The van der Waals surface area contributed by atoms with Crippen LogP contribution in [0.25, 0.3) is 10.9 Å². The molecule has 3 heteroatoms. The second-order valence-electron chi connectivity index (χ2n) is 5.04. The summed E-state index contributed by atoms with van der Waals surface area (Å²) in [7, 11) is 0. The monoisotopic (exact) mass is 266 g/mol. The fourth-order valence-electron chi connectivity index (χ4n) is 2.53. The Balaban J connectivity index is 2.03. The number of furan rings is 1. The van der Waals surface area contributed by atoms with Crippen LogP contribution in [-0.4, -0.2) is 4.98 Å². The van der Waals surface area contributed by atoms with Crippen molar-refractivity contribution < 1.29 is 4.42 Å². The van der Waals surface area contributed by atoms with Crippen molar-refractivity contribution in [2.24, 2.45) is 5.73 Å². The van der Waals surface area contributed by atoms with E-state index in [4.69, 9.17) is 10.2 Å². The Kier molecular flexibility index (Phi) is 3.28. The Bertz CT molecular complexity index is 746. The number of hydrogen-bond acceptors (Lipinski definition) is 3. The second kappa shape index (κ2) is 5.10. The first-order valence-corrected chi connectivity index (χ1v) is 6.88. The van der Waals surface area contributed by atoms with Gasteiger partial charge in [-0.3, -0.25) is 4.98 Å². The van der Waals surface area contributed by atoms with Crippen LogP contribution in [0.4, 0.5) is 0 Å². The van der Waals surface area contributed by atoms with E-state index < -0.39 is 0 Å². The lowest BCUT2D eigenvalue weighted by Crippen LogP contribution is -2.12. The van der Waals surface area contributed by atoms with Gasteiger partial charge in [0.05, 0.1) is 17.8 Å². The molecule has 0 radical (unpaired) electrons. The van der Waals surface area contributed by atoms with Crippen LogP contribution in [0.2, 0.25) is 0 Å². The van der Waals surface area contributed by atoms with Gasteiger partial charge in [0, 0.05) is 23.1 Å². The van der Waals surface area contributed by atoms with Gasteiger partial charge in [-0.15, -0.1) is 0 Å². The maximum absolute atomic E-state index is 6.38. The lowest BCUT2D eigenvalue weighted by molar-refractivity contribution is 0.509. The molecular formula is C17H18N2O. The third-order valence-corrected chi connectivity index (χ3v) is 3.65. The van der Waals surface area contributed by atoms with Gasteiger partial charge in [0.25, 0.3) is 0 Å². The maximum atomic E-state index is 6.38. The average Bonchev–Trinajstić information content (AvgIpc) is 2.94. The van der Waals surface area contributed by atoms with Crippen LogP contribution in [0.15, 0.2) is 47.1 Å². The molecule has 0 amide bonds. The summed E-state index contributed by atoms with van der Waals surface area (Å²) in [5, 5.41) is 1.12. The molecule has 0 aliphatic heterocycles. The highest BCUT2D eigenvalue weighted by Gasteiger charge is 2.15. The van der Waals surface area contributed by atoms with E-state index in [9.17, 15) is 0 Å². The molecule has 102 valence electrons. The van der Waals surface area contributed by atoms with Gasteiger partial charge in [-0.1, -0.05) is 19.1 Å². The SMILES string of the molecule is CCc1occc1C(N)c1ccc2nc(C)ccc2c1. The van der Waals surface area contributed by atoms with Gasteiger partial charge in [0.15, 0.2) is 0 Å². The fourth-order valence-corrected chi connectivity index (χ4v) is 2.53. The van der Waals surface area contributed by atoms with Gasteiger partial charge in [-0.2, -0.15) is 0 Å².